The maximum Gasteiger partial charge on any atom is 0.314 e. The molecule has 4 nitrogen and oxygen atoms in total. The maximum absolute atomic E-state index is 13.8. The lowest BCUT2D eigenvalue weighted by Crippen LogP contribution is -2.39. The highest BCUT2D eigenvalue weighted by Crippen LogP contribution is 2.32. The van der Waals surface area contributed by atoms with Crippen molar-refractivity contribution in [2.24, 2.45) is 0 Å². The topological polar surface area (TPSA) is 49.4 Å². The van der Waals surface area contributed by atoms with Crippen molar-refractivity contribution in [2.75, 3.05) is 11.9 Å². The lowest BCUT2D eigenvalue weighted by atomic mass is 10.0. The normalized spacial score (nSPS) is 16.9. The number of hydrogen-bond acceptors (Lipinski definition) is 2. The minimum absolute atomic E-state index is 0.0618. The van der Waals surface area contributed by atoms with Crippen LogP contribution in [-0.4, -0.2) is 23.3 Å². The molecule has 0 aliphatic carbocycles. The van der Waals surface area contributed by atoms with Crippen LogP contribution in [0.2, 0.25) is 5.02 Å². The Morgan fingerprint density at radius 3 is 2.62 bits per heavy atom. The van der Waals surface area contributed by atoms with E-state index in [-0.39, 0.29) is 16.8 Å². The van der Waals surface area contributed by atoms with E-state index in [4.69, 9.17) is 11.6 Å². The average molecular weight is 347 g/mol. The summed E-state index contributed by atoms with van der Waals surface area (Å²) in [5.41, 5.74) is 0.932. The van der Waals surface area contributed by atoms with Gasteiger partial charge >= 0.3 is 11.8 Å². The molecule has 3 rings (SSSR count). The number of amides is 2. The predicted molar refractivity (Wildman–Crippen MR) is 90.2 cm³/mol. The van der Waals surface area contributed by atoms with Crippen LogP contribution in [0.5, 0.6) is 0 Å². The van der Waals surface area contributed by atoms with Gasteiger partial charge in [-0.05, 0) is 36.6 Å². The van der Waals surface area contributed by atoms with Gasteiger partial charge in [-0.2, -0.15) is 0 Å². The molecule has 0 radical (unpaired) electrons. The highest BCUT2D eigenvalue weighted by molar-refractivity contribution is 6.39. The van der Waals surface area contributed by atoms with Crippen molar-refractivity contribution < 1.29 is 14.0 Å². The van der Waals surface area contributed by atoms with Crippen molar-refractivity contribution in [3.05, 3.63) is 64.9 Å². The average Bonchev–Trinajstić information content (AvgIpc) is 3.07. The molecule has 1 aliphatic heterocycles. The van der Waals surface area contributed by atoms with Gasteiger partial charge < -0.3 is 10.2 Å². The van der Waals surface area contributed by atoms with Crippen molar-refractivity contribution in [2.45, 2.75) is 18.9 Å². The molecular formula is C18H16ClFN2O2. The molecule has 2 aromatic carbocycles. The van der Waals surface area contributed by atoms with Crippen molar-refractivity contribution in [1.29, 1.82) is 0 Å². The maximum atomic E-state index is 13.8. The molecule has 1 unspecified atom stereocenters. The van der Waals surface area contributed by atoms with Gasteiger partial charge in [0.25, 0.3) is 0 Å². The second-order valence-electron chi connectivity index (χ2n) is 5.65. The summed E-state index contributed by atoms with van der Waals surface area (Å²) >= 11 is 5.68. The number of rotatable bonds is 2. The SMILES string of the molecule is O=C(Nc1ccc(Cl)cc1F)C(=O)N1CCCC1c1ccccc1. The Hall–Kier alpha value is -2.40. The Labute approximate surface area is 144 Å². The van der Waals surface area contributed by atoms with Crippen molar-refractivity contribution >= 4 is 29.1 Å². The summed E-state index contributed by atoms with van der Waals surface area (Å²) in [4.78, 5) is 26.2. The molecule has 1 atom stereocenters. The summed E-state index contributed by atoms with van der Waals surface area (Å²) in [5, 5.41) is 2.55. The van der Waals surface area contributed by atoms with Crippen LogP contribution in [0.15, 0.2) is 48.5 Å². The summed E-state index contributed by atoms with van der Waals surface area (Å²) in [5.74, 6) is -2.18. The van der Waals surface area contributed by atoms with E-state index in [0.29, 0.717) is 6.54 Å². The van der Waals surface area contributed by atoms with E-state index >= 15 is 0 Å². The van der Waals surface area contributed by atoms with Crippen LogP contribution in [0.1, 0.15) is 24.4 Å². The minimum Gasteiger partial charge on any atom is -0.327 e. The van der Waals surface area contributed by atoms with E-state index < -0.39 is 17.6 Å². The Balaban J connectivity index is 1.74. The summed E-state index contributed by atoms with van der Waals surface area (Å²) in [6.07, 6.45) is 1.63. The van der Waals surface area contributed by atoms with Crippen LogP contribution < -0.4 is 5.32 Å². The van der Waals surface area contributed by atoms with Crippen LogP contribution in [-0.2, 0) is 9.59 Å². The van der Waals surface area contributed by atoms with Crippen molar-refractivity contribution in [1.82, 2.24) is 4.90 Å². The Morgan fingerprint density at radius 2 is 1.92 bits per heavy atom. The molecule has 1 heterocycles. The zero-order valence-electron chi connectivity index (χ0n) is 12.8. The van der Waals surface area contributed by atoms with Crippen molar-refractivity contribution in [3.63, 3.8) is 0 Å². The number of likely N-dealkylation sites (tertiary alicyclic amines) is 1. The standard InChI is InChI=1S/C18H16ClFN2O2/c19-13-8-9-15(14(20)11-13)21-17(23)18(24)22-10-4-7-16(22)12-5-2-1-3-6-12/h1-3,5-6,8-9,11,16H,4,7,10H2,(H,21,23). The fourth-order valence-electron chi connectivity index (χ4n) is 2.93. The first-order valence-corrected chi connectivity index (χ1v) is 8.06. The van der Waals surface area contributed by atoms with Crippen molar-refractivity contribution in [3.8, 4) is 0 Å². The molecule has 124 valence electrons. The Bertz CT molecular complexity index is 767. The molecule has 2 amide bonds. The first-order valence-electron chi connectivity index (χ1n) is 7.68. The number of anilines is 1. The molecule has 24 heavy (non-hydrogen) atoms. The largest absolute Gasteiger partial charge is 0.327 e. The first kappa shape index (κ1) is 16.5. The van der Waals surface area contributed by atoms with Gasteiger partial charge in [0.05, 0.1) is 11.7 Å². The third-order valence-electron chi connectivity index (χ3n) is 4.07. The summed E-state index contributed by atoms with van der Waals surface area (Å²) in [7, 11) is 0. The smallest absolute Gasteiger partial charge is 0.314 e. The van der Waals surface area contributed by atoms with E-state index in [1.54, 1.807) is 4.90 Å². The molecule has 6 heteroatoms. The molecule has 0 spiro atoms. The third kappa shape index (κ3) is 3.41. The lowest BCUT2D eigenvalue weighted by molar-refractivity contribution is -0.143. The summed E-state index contributed by atoms with van der Waals surface area (Å²) in [6.45, 7) is 0.509. The number of carbonyl (C=O) groups is 2. The number of carbonyl (C=O) groups excluding carboxylic acids is 2. The summed E-state index contributed by atoms with van der Waals surface area (Å²) < 4.78 is 13.8. The molecule has 1 aliphatic rings. The lowest BCUT2D eigenvalue weighted by Gasteiger charge is -2.24. The highest BCUT2D eigenvalue weighted by atomic mass is 35.5. The van der Waals surface area contributed by atoms with Crippen LogP contribution in [0.4, 0.5) is 10.1 Å². The van der Waals surface area contributed by atoms with Gasteiger partial charge in [-0.25, -0.2) is 4.39 Å². The molecular weight excluding hydrogens is 331 g/mol. The van der Waals surface area contributed by atoms with Gasteiger partial charge in [0.2, 0.25) is 0 Å². The van der Waals surface area contributed by atoms with Crippen LogP contribution >= 0.6 is 11.6 Å². The molecule has 0 bridgehead atoms. The van der Waals surface area contributed by atoms with E-state index in [1.165, 1.54) is 12.1 Å². The Morgan fingerprint density at radius 1 is 1.17 bits per heavy atom. The second-order valence-corrected chi connectivity index (χ2v) is 6.08. The minimum atomic E-state index is -0.848. The first-order chi connectivity index (χ1) is 11.6. The van der Waals surface area contributed by atoms with Crippen LogP contribution in [0.25, 0.3) is 0 Å². The van der Waals surface area contributed by atoms with Gasteiger partial charge in [0.15, 0.2) is 0 Å². The quantitative estimate of drug-likeness (QED) is 0.841. The zero-order chi connectivity index (χ0) is 17.1. The monoisotopic (exact) mass is 346 g/mol. The van der Waals surface area contributed by atoms with E-state index in [2.05, 4.69) is 5.32 Å². The number of nitrogens with one attached hydrogen (secondary N) is 1. The zero-order valence-corrected chi connectivity index (χ0v) is 13.6. The van der Waals surface area contributed by atoms with Gasteiger partial charge in [0, 0.05) is 11.6 Å². The Kier molecular flexibility index (Phi) is 4.81. The number of benzene rings is 2. The van der Waals surface area contributed by atoms with Gasteiger partial charge in [-0.15, -0.1) is 0 Å². The molecule has 1 N–H and O–H groups in total. The fraction of sp³-hybridized carbons (Fsp3) is 0.222. The number of nitrogens with zero attached hydrogens (tertiary/aromatic N) is 1. The third-order valence-corrected chi connectivity index (χ3v) is 4.31. The van der Waals surface area contributed by atoms with Gasteiger partial charge in [-0.3, -0.25) is 9.59 Å². The fourth-order valence-corrected chi connectivity index (χ4v) is 3.09. The van der Waals surface area contributed by atoms with E-state index in [0.717, 1.165) is 24.5 Å². The molecule has 1 saturated heterocycles. The van der Waals surface area contributed by atoms with Gasteiger partial charge in [-0.1, -0.05) is 41.9 Å². The molecule has 0 saturated carbocycles. The second kappa shape index (κ2) is 7.01. The van der Waals surface area contributed by atoms with Crippen LogP contribution in [0.3, 0.4) is 0 Å². The highest BCUT2D eigenvalue weighted by Gasteiger charge is 2.33. The van der Waals surface area contributed by atoms with E-state index in [9.17, 15) is 14.0 Å². The van der Waals surface area contributed by atoms with Crippen LogP contribution in [0, 0.1) is 5.82 Å². The number of hydrogen-bond donors (Lipinski definition) is 1. The summed E-state index contributed by atoms with van der Waals surface area (Å²) in [6, 6.07) is 13.3. The molecule has 0 aromatic heterocycles. The molecule has 1 fully saturated rings. The van der Waals surface area contributed by atoms with E-state index in [1.807, 2.05) is 30.3 Å². The van der Waals surface area contributed by atoms with Gasteiger partial charge in [0.1, 0.15) is 5.82 Å². The molecule has 2 aromatic rings. The number of halogens is 2. The predicted octanol–water partition coefficient (Wildman–Crippen LogP) is 3.78.